The summed E-state index contributed by atoms with van der Waals surface area (Å²) in [5, 5.41) is 3.49. The number of methoxy groups -OCH3 is 1. The highest BCUT2D eigenvalue weighted by molar-refractivity contribution is 5.19. The van der Waals surface area contributed by atoms with Crippen LogP contribution in [0, 0.1) is 5.82 Å². The Bertz CT molecular complexity index is 329. The Morgan fingerprint density at radius 2 is 2.00 bits per heavy atom. The van der Waals surface area contributed by atoms with Gasteiger partial charge >= 0.3 is 0 Å². The zero-order chi connectivity index (χ0) is 13.4. The third-order valence-electron chi connectivity index (χ3n) is 2.98. The lowest BCUT2D eigenvalue weighted by atomic mass is 10.1. The Morgan fingerprint density at radius 3 is 2.56 bits per heavy atom. The van der Waals surface area contributed by atoms with Crippen LogP contribution < -0.4 is 11.1 Å². The van der Waals surface area contributed by atoms with Crippen molar-refractivity contribution in [3.8, 4) is 0 Å². The molecule has 3 N–H and O–H groups in total. The maximum absolute atomic E-state index is 12.8. The molecule has 0 aliphatic carbocycles. The molecule has 1 rings (SSSR count). The van der Waals surface area contributed by atoms with E-state index in [1.165, 1.54) is 12.1 Å². The van der Waals surface area contributed by atoms with E-state index in [4.69, 9.17) is 10.5 Å². The molecule has 18 heavy (non-hydrogen) atoms. The summed E-state index contributed by atoms with van der Waals surface area (Å²) in [6.07, 6.45) is 1.95. The monoisotopic (exact) mass is 254 g/mol. The predicted octanol–water partition coefficient (Wildman–Crippen LogP) is 2.23. The van der Waals surface area contributed by atoms with E-state index in [9.17, 15) is 4.39 Å². The summed E-state index contributed by atoms with van der Waals surface area (Å²) >= 11 is 0. The minimum Gasteiger partial charge on any atom is -0.383 e. The summed E-state index contributed by atoms with van der Waals surface area (Å²) in [5.74, 6) is -0.206. The van der Waals surface area contributed by atoms with E-state index >= 15 is 0 Å². The molecule has 0 saturated heterocycles. The Labute approximate surface area is 109 Å². The molecule has 1 aromatic rings. The number of hydrogen-bond acceptors (Lipinski definition) is 3. The fourth-order valence-corrected chi connectivity index (χ4v) is 1.98. The van der Waals surface area contributed by atoms with E-state index in [0.717, 1.165) is 18.4 Å². The molecule has 3 nitrogen and oxygen atoms in total. The molecule has 0 aromatic heterocycles. The molecule has 4 heteroatoms. The van der Waals surface area contributed by atoms with Crippen LogP contribution in [0.25, 0.3) is 0 Å². The molecule has 0 aliphatic rings. The van der Waals surface area contributed by atoms with Gasteiger partial charge in [0.05, 0.1) is 6.61 Å². The molecule has 0 bridgehead atoms. The van der Waals surface area contributed by atoms with Crippen LogP contribution >= 0.6 is 0 Å². The van der Waals surface area contributed by atoms with Gasteiger partial charge < -0.3 is 15.8 Å². The lowest BCUT2D eigenvalue weighted by molar-refractivity contribution is 0.156. The van der Waals surface area contributed by atoms with Crippen LogP contribution in [0.3, 0.4) is 0 Å². The van der Waals surface area contributed by atoms with Gasteiger partial charge in [-0.2, -0.15) is 0 Å². The van der Waals surface area contributed by atoms with Gasteiger partial charge in [0.2, 0.25) is 0 Å². The summed E-state index contributed by atoms with van der Waals surface area (Å²) < 4.78 is 18.0. The summed E-state index contributed by atoms with van der Waals surface area (Å²) in [5.41, 5.74) is 6.60. The first-order valence-corrected chi connectivity index (χ1v) is 6.38. The topological polar surface area (TPSA) is 47.3 Å². The zero-order valence-corrected chi connectivity index (χ0v) is 11.2. The average Bonchev–Trinajstić information content (AvgIpc) is 2.37. The van der Waals surface area contributed by atoms with E-state index in [1.54, 1.807) is 19.2 Å². The Balaban J connectivity index is 2.53. The van der Waals surface area contributed by atoms with Gasteiger partial charge in [0.25, 0.3) is 0 Å². The van der Waals surface area contributed by atoms with E-state index in [2.05, 4.69) is 12.2 Å². The quantitative estimate of drug-likeness (QED) is 0.748. The lowest BCUT2D eigenvalue weighted by Gasteiger charge is -2.23. The summed E-state index contributed by atoms with van der Waals surface area (Å²) in [6.45, 7) is 3.41. The number of halogens is 1. The van der Waals surface area contributed by atoms with Crippen LogP contribution in [-0.4, -0.2) is 26.3 Å². The van der Waals surface area contributed by atoms with Gasteiger partial charge in [-0.1, -0.05) is 12.1 Å². The minimum atomic E-state index is -0.206. The predicted molar refractivity (Wildman–Crippen MR) is 71.9 cm³/mol. The second-order valence-corrected chi connectivity index (χ2v) is 4.52. The minimum absolute atomic E-state index is 0.170. The SMILES string of the molecule is COCC(CCCN)N[C@H](C)c1ccc(F)cc1. The number of benzene rings is 1. The summed E-state index contributed by atoms with van der Waals surface area (Å²) in [4.78, 5) is 0. The van der Waals surface area contributed by atoms with Crippen LogP contribution in [0.4, 0.5) is 4.39 Å². The highest BCUT2D eigenvalue weighted by atomic mass is 19.1. The van der Waals surface area contributed by atoms with Crippen molar-refractivity contribution in [2.75, 3.05) is 20.3 Å². The molecule has 0 spiro atoms. The van der Waals surface area contributed by atoms with E-state index in [-0.39, 0.29) is 17.9 Å². The van der Waals surface area contributed by atoms with Crippen molar-refractivity contribution >= 4 is 0 Å². The fourth-order valence-electron chi connectivity index (χ4n) is 1.98. The lowest BCUT2D eigenvalue weighted by Crippen LogP contribution is -2.35. The van der Waals surface area contributed by atoms with Gasteiger partial charge in [-0.3, -0.25) is 0 Å². The Morgan fingerprint density at radius 1 is 1.33 bits per heavy atom. The molecule has 0 fully saturated rings. The van der Waals surface area contributed by atoms with Crippen molar-refractivity contribution in [3.05, 3.63) is 35.6 Å². The fraction of sp³-hybridized carbons (Fsp3) is 0.571. The van der Waals surface area contributed by atoms with Crippen molar-refractivity contribution in [1.29, 1.82) is 0 Å². The second-order valence-electron chi connectivity index (χ2n) is 4.52. The number of nitrogens with two attached hydrogens (primary N) is 1. The molecule has 1 aromatic carbocycles. The first kappa shape index (κ1) is 15.1. The first-order valence-electron chi connectivity index (χ1n) is 6.38. The number of ether oxygens (including phenoxy) is 1. The van der Waals surface area contributed by atoms with E-state index < -0.39 is 0 Å². The molecule has 0 aliphatic heterocycles. The third kappa shape index (κ3) is 5.12. The maximum Gasteiger partial charge on any atom is 0.123 e. The van der Waals surface area contributed by atoms with Crippen LogP contribution in [0.5, 0.6) is 0 Å². The van der Waals surface area contributed by atoms with Crippen molar-refractivity contribution in [2.45, 2.75) is 31.8 Å². The van der Waals surface area contributed by atoms with Gasteiger partial charge in [0.1, 0.15) is 5.82 Å². The van der Waals surface area contributed by atoms with Crippen LogP contribution in [0.15, 0.2) is 24.3 Å². The Hall–Kier alpha value is -0.970. The van der Waals surface area contributed by atoms with Gasteiger partial charge in [-0.05, 0) is 44.0 Å². The van der Waals surface area contributed by atoms with Gasteiger partial charge in [0, 0.05) is 19.2 Å². The molecular weight excluding hydrogens is 231 g/mol. The smallest absolute Gasteiger partial charge is 0.123 e. The Kier molecular flexibility index (Phi) is 6.86. The molecular formula is C14H23FN2O. The van der Waals surface area contributed by atoms with Gasteiger partial charge in [-0.25, -0.2) is 4.39 Å². The van der Waals surface area contributed by atoms with Crippen molar-refractivity contribution < 1.29 is 9.13 Å². The molecule has 2 atom stereocenters. The third-order valence-corrected chi connectivity index (χ3v) is 2.98. The molecule has 0 radical (unpaired) electrons. The van der Waals surface area contributed by atoms with E-state index in [0.29, 0.717) is 13.2 Å². The highest BCUT2D eigenvalue weighted by Crippen LogP contribution is 2.14. The molecule has 0 amide bonds. The van der Waals surface area contributed by atoms with Gasteiger partial charge in [-0.15, -0.1) is 0 Å². The summed E-state index contributed by atoms with van der Waals surface area (Å²) in [7, 11) is 1.69. The number of hydrogen-bond donors (Lipinski definition) is 2. The maximum atomic E-state index is 12.8. The summed E-state index contributed by atoms with van der Waals surface area (Å²) in [6, 6.07) is 7.03. The largest absolute Gasteiger partial charge is 0.383 e. The highest BCUT2D eigenvalue weighted by Gasteiger charge is 2.12. The number of rotatable bonds is 8. The molecule has 0 saturated carbocycles. The van der Waals surface area contributed by atoms with Crippen LogP contribution in [0.1, 0.15) is 31.4 Å². The molecule has 1 unspecified atom stereocenters. The standard InChI is InChI=1S/C14H23FN2O/c1-11(12-5-7-13(15)8-6-12)17-14(10-18-2)4-3-9-16/h5-8,11,14,17H,3-4,9-10,16H2,1-2H3/t11-,14?/m1/s1. The van der Waals surface area contributed by atoms with Crippen molar-refractivity contribution in [3.63, 3.8) is 0 Å². The molecule has 0 heterocycles. The zero-order valence-electron chi connectivity index (χ0n) is 11.2. The normalized spacial score (nSPS) is 14.4. The first-order chi connectivity index (χ1) is 8.67. The van der Waals surface area contributed by atoms with Crippen LogP contribution in [0.2, 0.25) is 0 Å². The van der Waals surface area contributed by atoms with Crippen molar-refractivity contribution in [1.82, 2.24) is 5.32 Å². The molecule has 102 valence electrons. The number of nitrogens with one attached hydrogen (secondary N) is 1. The average molecular weight is 254 g/mol. The van der Waals surface area contributed by atoms with E-state index in [1.807, 2.05) is 0 Å². The van der Waals surface area contributed by atoms with Gasteiger partial charge in [0.15, 0.2) is 0 Å². The second kappa shape index (κ2) is 8.19. The van der Waals surface area contributed by atoms with Crippen LogP contribution in [-0.2, 0) is 4.74 Å². The van der Waals surface area contributed by atoms with Crippen molar-refractivity contribution in [2.24, 2.45) is 5.73 Å².